The van der Waals surface area contributed by atoms with Gasteiger partial charge in [-0.05, 0) is 80.1 Å². The maximum absolute atomic E-state index is 10.2. The molecule has 5 rings (SSSR count). The largest absolute Gasteiger partial charge is 0.390 e. The summed E-state index contributed by atoms with van der Waals surface area (Å²) in [4.78, 5) is 9.52. The first-order valence-electron chi connectivity index (χ1n) is 12.0. The van der Waals surface area contributed by atoms with Crippen LogP contribution in [0.25, 0.3) is 11.1 Å². The molecule has 2 aromatic carbocycles. The van der Waals surface area contributed by atoms with E-state index < -0.39 is 5.60 Å². The number of likely N-dealkylation sites (tertiary alicyclic amines) is 1. The molecule has 1 N–H and O–H groups in total. The summed E-state index contributed by atoms with van der Waals surface area (Å²) in [5.74, 6) is 6.40. The van der Waals surface area contributed by atoms with Crippen molar-refractivity contribution in [2.45, 2.75) is 37.8 Å². The van der Waals surface area contributed by atoms with Crippen LogP contribution >= 0.6 is 11.6 Å². The fourth-order valence-electron chi connectivity index (χ4n) is 4.82. The number of anilines is 1. The fraction of sp³-hybridized carbons (Fsp3) is 0.345. The van der Waals surface area contributed by atoms with Gasteiger partial charge in [0.25, 0.3) is 0 Å². The summed E-state index contributed by atoms with van der Waals surface area (Å²) in [7, 11) is 0. The molecule has 2 aliphatic heterocycles. The highest BCUT2D eigenvalue weighted by Crippen LogP contribution is 2.28. The zero-order chi connectivity index (χ0) is 23.5. The second-order valence-corrected chi connectivity index (χ2v) is 10.1. The van der Waals surface area contributed by atoms with Crippen LogP contribution in [0.15, 0.2) is 66.9 Å². The Hall–Kier alpha value is -2.84. The maximum atomic E-state index is 10.2. The highest BCUT2D eigenvalue weighted by Gasteiger charge is 2.33. The maximum Gasteiger partial charge on any atom is 0.113 e. The number of rotatable bonds is 3. The van der Waals surface area contributed by atoms with Crippen LogP contribution in [0.1, 0.15) is 37.4 Å². The number of hydrogen-bond donors (Lipinski definition) is 1. The molecule has 0 radical (unpaired) electrons. The summed E-state index contributed by atoms with van der Waals surface area (Å²) in [5.41, 5.74) is 4.64. The lowest BCUT2D eigenvalue weighted by Crippen LogP contribution is -2.47. The van der Waals surface area contributed by atoms with Gasteiger partial charge in [0, 0.05) is 60.3 Å². The molecule has 0 saturated carbocycles. The minimum Gasteiger partial charge on any atom is -0.390 e. The first-order valence-corrected chi connectivity index (χ1v) is 12.4. The minimum atomic E-state index is -0.486. The summed E-state index contributed by atoms with van der Waals surface area (Å²) in [6.07, 6.45) is 4.77. The first kappa shape index (κ1) is 22.9. The highest BCUT2D eigenvalue weighted by atomic mass is 35.5. The second kappa shape index (κ2) is 9.80. The standard InChI is InChI=1S/C29H30ClN3O/c1-29(34)15-18-32(19-16-29)28-14-17-33(21-28)27-12-3-22(4-13-27)2-10-26-11-7-24(20-31-26)23-5-8-25(30)9-6-23/h3-9,11-13,20,28,34H,14-19,21H2,1H3. The predicted molar refractivity (Wildman–Crippen MR) is 139 cm³/mol. The van der Waals surface area contributed by atoms with Crippen molar-refractivity contribution in [3.63, 3.8) is 0 Å². The molecular formula is C29H30ClN3O. The Morgan fingerprint density at radius 1 is 0.912 bits per heavy atom. The van der Waals surface area contributed by atoms with Gasteiger partial charge in [-0.2, -0.15) is 0 Å². The summed E-state index contributed by atoms with van der Waals surface area (Å²) >= 11 is 5.97. The summed E-state index contributed by atoms with van der Waals surface area (Å²) in [6, 6.07) is 20.9. The smallest absolute Gasteiger partial charge is 0.113 e. The van der Waals surface area contributed by atoms with Gasteiger partial charge in [-0.1, -0.05) is 35.7 Å². The lowest BCUT2D eigenvalue weighted by atomic mass is 9.93. The Kier molecular flexibility index (Phi) is 6.61. The molecule has 1 atom stereocenters. The predicted octanol–water partition coefficient (Wildman–Crippen LogP) is 5.23. The van der Waals surface area contributed by atoms with Gasteiger partial charge in [-0.25, -0.2) is 4.98 Å². The topological polar surface area (TPSA) is 39.6 Å². The lowest BCUT2D eigenvalue weighted by Gasteiger charge is -2.39. The molecule has 2 fully saturated rings. The molecule has 3 heterocycles. The van der Waals surface area contributed by atoms with E-state index in [1.165, 1.54) is 12.1 Å². The van der Waals surface area contributed by atoms with Crippen LogP contribution in [-0.4, -0.2) is 52.8 Å². The average molecular weight is 472 g/mol. The third-order valence-corrected chi connectivity index (χ3v) is 7.32. The molecule has 1 aromatic heterocycles. The lowest BCUT2D eigenvalue weighted by molar-refractivity contribution is -0.0142. The molecule has 174 valence electrons. The van der Waals surface area contributed by atoms with Crippen molar-refractivity contribution in [2.75, 3.05) is 31.1 Å². The Morgan fingerprint density at radius 3 is 2.29 bits per heavy atom. The van der Waals surface area contributed by atoms with Gasteiger partial charge < -0.3 is 10.0 Å². The molecule has 1 unspecified atom stereocenters. The molecule has 2 aliphatic rings. The zero-order valence-corrected chi connectivity index (χ0v) is 20.3. The van der Waals surface area contributed by atoms with E-state index in [9.17, 15) is 5.11 Å². The number of piperidine rings is 1. The molecule has 3 aromatic rings. The van der Waals surface area contributed by atoms with Crippen molar-refractivity contribution in [1.29, 1.82) is 0 Å². The van der Waals surface area contributed by atoms with Gasteiger partial charge >= 0.3 is 0 Å². The number of halogens is 1. The molecule has 4 nitrogen and oxygen atoms in total. The van der Waals surface area contributed by atoms with Crippen molar-refractivity contribution in [3.8, 4) is 23.0 Å². The SMILES string of the molecule is CC1(O)CCN(C2CCN(c3ccc(C#Cc4ccc(-c5ccc(Cl)cc5)cn4)cc3)C2)CC1. The first-order chi connectivity index (χ1) is 16.4. The average Bonchev–Trinajstić information content (AvgIpc) is 3.34. The van der Waals surface area contributed by atoms with Crippen molar-refractivity contribution >= 4 is 17.3 Å². The number of aliphatic hydroxyl groups is 1. The highest BCUT2D eigenvalue weighted by molar-refractivity contribution is 6.30. The Morgan fingerprint density at radius 2 is 1.62 bits per heavy atom. The number of hydrogen-bond acceptors (Lipinski definition) is 4. The van der Waals surface area contributed by atoms with Crippen LogP contribution in [0, 0.1) is 11.8 Å². The van der Waals surface area contributed by atoms with Crippen LogP contribution < -0.4 is 4.90 Å². The van der Waals surface area contributed by atoms with E-state index in [4.69, 9.17) is 11.6 Å². The monoisotopic (exact) mass is 471 g/mol. The van der Waals surface area contributed by atoms with Gasteiger partial charge in [0.2, 0.25) is 0 Å². The molecule has 0 amide bonds. The minimum absolute atomic E-state index is 0.486. The normalized spacial score (nSPS) is 20.1. The van der Waals surface area contributed by atoms with E-state index in [1.54, 1.807) is 0 Å². The summed E-state index contributed by atoms with van der Waals surface area (Å²) in [5, 5.41) is 10.9. The van der Waals surface area contributed by atoms with Crippen molar-refractivity contribution < 1.29 is 5.11 Å². The van der Waals surface area contributed by atoms with Gasteiger partial charge in [-0.3, -0.25) is 4.90 Å². The molecule has 0 spiro atoms. The van der Waals surface area contributed by atoms with Crippen molar-refractivity contribution in [3.05, 3.63) is 83.1 Å². The van der Waals surface area contributed by atoms with Crippen molar-refractivity contribution in [1.82, 2.24) is 9.88 Å². The van der Waals surface area contributed by atoms with E-state index in [2.05, 4.69) is 50.9 Å². The van der Waals surface area contributed by atoms with E-state index in [0.717, 1.165) is 66.4 Å². The van der Waals surface area contributed by atoms with Crippen LogP contribution in [0.5, 0.6) is 0 Å². The van der Waals surface area contributed by atoms with E-state index in [1.807, 2.05) is 49.5 Å². The van der Waals surface area contributed by atoms with E-state index >= 15 is 0 Å². The Bertz CT molecular complexity index is 1170. The van der Waals surface area contributed by atoms with Gasteiger partial charge in [0.05, 0.1) is 5.60 Å². The van der Waals surface area contributed by atoms with Crippen LogP contribution in [0.4, 0.5) is 5.69 Å². The number of nitrogens with zero attached hydrogens (tertiary/aromatic N) is 3. The molecule has 0 bridgehead atoms. The molecule has 0 aliphatic carbocycles. The van der Waals surface area contributed by atoms with Crippen molar-refractivity contribution in [2.24, 2.45) is 0 Å². The van der Waals surface area contributed by atoms with Crippen LogP contribution in [0.2, 0.25) is 5.02 Å². The number of benzene rings is 2. The van der Waals surface area contributed by atoms with E-state index in [-0.39, 0.29) is 0 Å². The summed E-state index contributed by atoms with van der Waals surface area (Å²) in [6.45, 7) is 6.08. The molecule has 2 saturated heterocycles. The molecule has 5 heteroatoms. The third-order valence-electron chi connectivity index (χ3n) is 7.06. The second-order valence-electron chi connectivity index (χ2n) is 9.66. The van der Waals surface area contributed by atoms with Crippen LogP contribution in [0.3, 0.4) is 0 Å². The third kappa shape index (κ3) is 5.45. The Labute approximate surface area is 207 Å². The Balaban J connectivity index is 1.18. The van der Waals surface area contributed by atoms with E-state index in [0.29, 0.717) is 6.04 Å². The zero-order valence-electron chi connectivity index (χ0n) is 19.5. The number of aromatic nitrogens is 1. The fourth-order valence-corrected chi connectivity index (χ4v) is 4.94. The van der Waals surface area contributed by atoms with Gasteiger partial charge in [0.15, 0.2) is 0 Å². The van der Waals surface area contributed by atoms with Gasteiger partial charge in [0.1, 0.15) is 5.69 Å². The van der Waals surface area contributed by atoms with Gasteiger partial charge in [-0.15, -0.1) is 0 Å². The quantitative estimate of drug-likeness (QED) is 0.531. The van der Waals surface area contributed by atoms with Crippen LogP contribution in [-0.2, 0) is 0 Å². The molecule has 34 heavy (non-hydrogen) atoms. The molecular weight excluding hydrogens is 442 g/mol. The number of pyridine rings is 1. The summed E-state index contributed by atoms with van der Waals surface area (Å²) < 4.78 is 0.